The number of anilines is 2. The van der Waals surface area contributed by atoms with Crippen LogP contribution in [0.25, 0.3) is 0 Å². The molecule has 0 aliphatic rings. The fourth-order valence-corrected chi connectivity index (χ4v) is 2.22. The molecule has 0 unspecified atom stereocenters. The van der Waals surface area contributed by atoms with Gasteiger partial charge in [0.1, 0.15) is 10.8 Å². The minimum absolute atomic E-state index is 0.134. The summed E-state index contributed by atoms with van der Waals surface area (Å²) in [4.78, 5) is 0.134. The van der Waals surface area contributed by atoms with Crippen LogP contribution in [-0.2, 0) is 0 Å². The fraction of sp³-hybridized carbons (Fsp3) is 0. The second kappa shape index (κ2) is 5.86. The summed E-state index contributed by atoms with van der Waals surface area (Å²) < 4.78 is 14.0. The smallest absolute Gasteiger partial charge is 0.124 e. The first-order valence-corrected chi connectivity index (χ1v) is 6.87. The van der Waals surface area contributed by atoms with Gasteiger partial charge in [-0.2, -0.15) is 0 Å². The van der Waals surface area contributed by atoms with Gasteiger partial charge in [0, 0.05) is 21.4 Å². The number of rotatable bonds is 3. The van der Waals surface area contributed by atoms with Gasteiger partial charge < -0.3 is 11.1 Å². The Balaban J connectivity index is 2.37. The van der Waals surface area contributed by atoms with Crippen molar-refractivity contribution in [1.82, 2.24) is 0 Å². The minimum atomic E-state index is -0.384. The maximum atomic E-state index is 13.2. The molecule has 0 bridgehead atoms. The Labute approximate surface area is 128 Å². The summed E-state index contributed by atoms with van der Waals surface area (Å²) in [5.41, 5.74) is 7.48. The van der Waals surface area contributed by atoms with E-state index in [4.69, 9.17) is 29.6 Å². The van der Waals surface area contributed by atoms with E-state index < -0.39 is 0 Å². The van der Waals surface area contributed by atoms with Crippen LogP contribution in [0.4, 0.5) is 15.8 Å². The summed E-state index contributed by atoms with van der Waals surface area (Å²) in [6.45, 7) is 0. The van der Waals surface area contributed by atoms with Gasteiger partial charge in [0.05, 0.1) is 5.02 Å². The number of nitrogens with two attached hydrogens (primary N) is 1. The fourth-order valence-electron chi connectivity index (χ4n) is 1.56. The van der Waals surface area contributed by atoms with Gasteiger partial charge >= 0.3 is 0 Å². The quantitative estimate of drug-likeness (QED) is 0.785. The molecule has 98 valence electrons. The van der Waals surface area contributed by atoms with E-state index in [-0.39, 0.29) is 10.8 Å². The zero-order valence-corrected chi connectivity index (χ0v) is 12.7. The summed E-state index contributed by atoms with van der Waals surface area (Å²) in [6.07, 6.45) is 0. The topological polar surface area (TPSA) is 38.0 Å². The summed E-state index contributed by atoms with van der Waals surface area (Å²) >= 11 is 14.2. The van der Waals surface area contributed by atoms with Crippen LogP contribution in [0.15, 0.2) is 40.9 Å². The molecule has 0 radical (unpaired) electrons. The molecule has 2 rings (SSSR count). The van der Waals surface area contributed by atoms with Gasteiger partial charge in [0.2, 0.25) is 0 Å². The van der Waals surface area contributed by atoms with Crippen LogP contribution >= 0.6 is 39.7 Å². The summed E-state index contributed by atoms with van der Waals surface area (Å²) in [6, 6.07) is 9.60. The van der Waals surface area contributed by atoms with E-state index in [2.05, 4.69) is 21.2 Å². The molecule has 19 heavy (non-hydrogen) atoms. The lowest BCUT2D eigenvalue weighted by Crippen LogP contribution is -2.12. The van der Waals surface area contributed by atoms with E-state index in [1.165, 1.54) is 12.1 Å². The molecule has 0 fully saturated rings. The van der Waals surface area contributed by atoms with Crippen LogP contribution < -0.4 is 11.1 Å². The van der Waals surface area contributed by atoms with Crippen molar-refractivity contribution in [3.63, 3.8) is 0 Å². The van der Waals surface area contributed by atoms with Crippen molar-refractivity contribution in [1.29, 1.82) is 0 Å². The standard InChI is InChI=1S/C13H9BrClFN2S/c14-10-6-8(2-3-11(10)15)18-12-4-1-7(16)5-9(12)13(17)19/h1-6,18H,(H2,17,19). The second-order valence-corrected chi connectivity index (χ2v) is 5.51. The largest absolute Gasteiger partial charge is 0.389 e. The van der Waals surface area contributed by atoms with Crippen molar-refractivity contribution in [2.75, 3.05) is 5.32 Å². The third-order valence-electron chi connectivity index (χ3n) is 2.45. The molecule has 0 aromatic heterocycles. The highest BCUT2D eigenvalue weighted by molar-refractivity contribution is 9.10. The average Bonchev–Trinajstić information content (AvgIpc) is 2.36. The van der Waals surface area contributed by atoms with E-state index in [0.29, 0.717) is 16.3 Å². The predicted octanol–water partition coefficient (Wildman–Crippen LogP) is 4.62. The van der Waals surface area contributed by atoms with Crippen LogP contribution in [0.1, 0.15) is 5.56 Å². The molecule has 3 N–H and O–H groups in total. The Morgan fingerprint density at radius 3 is 2.63 bits per heavy atom. The average molecular weight is 360 g/mol. The van der Waals surface area contributed by atoms with Crippen LogP contribution in [0.5, 0.6) is 0 Å². The minimum Gasteiger partial charge on any atom is -0.389 e. The second-order valence-electron chi connectivity index (χ2n) is 3.81. The van der Waals surface area contributed by atoms with Crippen molar-refractivity contribution in [3.05, 3.63) is 57.3 Å². The van der Waals surface area contributed by atoms with Crippen molar-refractivity contribution in [2.24, 2.45) is 5.73 Å². The molecule has 0 atom stereocenters. The molecule has 6 heteroatoms. The van der Waals surface area contributed by atoms with Crippen molar-refractivity contribution in [2.45, 2.75) is 0 Å². The Morgan fingerprint density at radius 2 is 2.00 bits per heavy atom. The number of nitrogens with one attached hydrogen (secondary N) is 1. The first-order chi connectivity index (χ1) is 8.97. The number of hydrogen-bond donors (Lipinski definition) is 2. The SMILES string of the molecule is NC(=S)c1cc(F)ccc1Nc1ccc(Cl)c(Br)c1. The van der Waals surface area contributed by atoms with Crippen LogP contribution in [0, 0.1) is 5.82 Å². The summed E-state index contributed by atoms with van der Waals surface area (Å²) in [7, 11) is 0. The molecule has 0 aliphatic heterocycles. The lowest BCUT2D eigenvalue weighted by molar-refractivity contribution is 0.628. The van der Waals surface area contributed by atoms with Gasteiger partial charge in [-0.15, -0.1) is 0 Å². The Hall–Kier alpha value is -1.17. The third kappa shape index (κ3) is 3.43. The Kier molecular flexibility index (Phi) is 4.39. The summed E-state index contributed by atoms with van der Waals surface area (Å²) in [5.74, 6) is -0.384. The van der Waals surface area contributed by atoms with Gasteiger partial charge in [0.25, 0.3) is 0 Å². The number of benzene rings is 2. The van der Waals surface area contributed by atoms with Crippen molar-refractivity contribution in [3.8, 4) is 0 Å². The molecule has 0 amide bonds. The Morgan fingerprint density at radius 1 is 1.26 bits per heavy atom. The third-order valence-corrected chi connectivity index (χ3v) is 3.88. The van der Waals surface area contributed by atoms with Crippen LogP contribution in [0.3, 0.4) is 0 Å². The van der Waals surface area contributed by atoms with Crippen LogP contribution in [-0.4, -0.2) is 4.99 Å². The molecule has 0 saturated carbocycles. The molecule has 0 saturated heterocycles. The van der Waals surface area contributed by atoms with Crippen LogP contribution in [0.2, 0.25) is 5.02 Å². The highest BCUT2D eigenvalue weighted by atomic mass is 79.9. The van der Waals surface area contributed by atoms with Gasteiger partial charge in [-0.05, 0) is 52.3 Å². The van der Waals surface area contributed by atoms with Gasteiger partial charge in [-0.25, -0.2) is 4.39 Å². The Bertz CT molecular complexity index is 649. The first-order valence-electron chi connectivity index (χ1n) is 5.29. The predicted molar refractivity (Wildman–Crippen MR) is 84.7 cm³/mol. The van der Waals surface area contributed by atoms with Crippen molar-refractivity contribution >= 4 is 56.1 Å². The summed E-state index contributed by atoms with van der Waals surface area (Å²) in [5, 5.41) is 3.74. The lowest BCUT2D eigenvalue weighted by atomic mass is 10.1. The number of halogens is 3. The maximum Gasteiger partial charge on any atom is 0.124 e. The molecule has 2 aromatic rings. The number of thiocarbonyl (C=S) groups is 1. The molecular weight excluding hydrogens is 351 g/mol. The van der Waals surface area contributed by atoms with Crippen molar-refractivity contribution < 1.29 is 4.39 Å². The van der Waals surface area contributed by atoms with E-state index >= 15 is 0 Å². The normalized spacial score (nSPS) is 10.3. The van der Waals surface area contributed by atoms with Gasteiger partial charge in [0.15, 0.2) is 0 Å². The molecule has 0 heterocycles. The van der Waals surface area contributed by atoms with E-state index in [1.807, 2.05) is 6.07 Å². The van der Waals surface area contributed by atoms with Gasteiger partial charge in [-0.1, -0.05) is 23.8 Å². The molecule has 0 spiro atoms. The highest BCUT2D eigenvalue weighted by Crippen LogP contribution is 2.28. The monoisotopic (exact) mass is 358 g/mol. The first kappa shape index (κ1) is 14.2. The van der Waals surface area contributed by atoms with E-state index in [1.54, 1.807) is 18.2 Å². The zero-order chi connectivity index (χ0) is 14.0. The molecule has 2 aromatic carbocycles. The maximum absolute atomic E-state index is 13.2. The number of hydrogen-bond acceptors (Lipinski definition) is 2. The highest BCUT2D eigenvalue weighted by Gasteiger charge is 2.08. The molecule has 0 aliphatic carbocycles. The zero-order valence-electron chi connectivity index (χ0n) is 9.58. The lowest BCUT2D eigenvalue weighted by Gasteiger charge is -2.12. The van der Waals surface area contributed by atoms with E-state index in [9.17, 15) is 4.39 Å². The molecular formula is C13H9BrClFN2S. The van der Waals surface area contributed by atoms with Gasteiger partial charge in [-0.3, -0.25) is 0 Å². The molecule has 2 nitrogen and oxygen atoms in total. The van der Waals surface area contributed by atoms with E-state index in [0.717, 1.165) is 10.2 Å².